The monoisotopic (exact) mass is 370 g/mol. The minimum atomic E-state index is -4.64. The summed E-state index contributed by atoms with van der Waals surface area (Å²) < 4.78 is 61.8. The molecule has 1 atom stereocenters. The molecule has 2 aromatic carbocycles. The van der Waals surface area contributed by atoms with Gasteiger partial charge in [0.05, 0.1) is 0 Å². The number of rotatable bonds is 4. The highest BCUT2D eigenvalue weighted by Gasteiger charge is 2.30. The van der Waals surface area contributed by atoms with E-state index in [9.17, 15) is 22.0 Å². The predicted molar refractivity (Wildman–Crippen MR) is 81.2 cm³/mol. The van der Waals surface area contributed by atoms with E-state index in [1.807, 2.05) is 5.43 Å². The molecule has 25 heavy (non-hydrogen) atoms. The van der Waals surface area contributed by atoms with Gasteiger partial charge in [-0.1, -0.05) is 18.2 Å². The number of hydrazine groups is 1. The summed E-state index contributed by atoms with van der Waals surface area (Å²) in [6, 6.07) is 9.21. The zero-order valence-electron chi connectivity index (χ0n) is 12.5. The van der Waals surface area contributed by atoms with Crippen LogP contribution in [-0.4, -0.2) is 27.0 Å². The number of hydrogen-bond acceptors (Lipinski definition) is 5. The summed E-state index contributed by atoms with van der Waals surface area (Å²) in [5, 5.41) is 0. The number of carbonyl (C=O) groups is 1. The average molecular weight is 370 g/mol. The molecule has 3 rings (SSSR count). The van der Waals surface area contributed by atoms with Crippen LogP contribution in [0.3, 0.4) is 0 Å². The lowest BCUT2D eigenvalue weighted by Gasteiger charge is -2.25. The molecule has 10 heteroatoms. The molecule has 0 aliphatic carbocycles. The van der Waals surface area contributed by atoms with E-state index in [-0.39, 0.29) is 6.61 Å². The van der Waals surface area contributed by atoms with Crippen molar-refractivity contribution in [3.63, 3.8) is 0 Å². The molecule has 1 heterocycles. The van der Waals surface area contributed by atoms with E-state index in [1.165, 1.54) is 0 Å². The largest absolute Gasteiger partial charge is 0.485 e. The molecular weight excluding hydrogens is 358 g/mol. The van der Waals surface area contributed by atoms with Crippen LogP contribution in [0.2, 0.25) is 0 Å². The first-order chi connectivity index (χ1) is 11.9. The summed E-state index contributed by atoms with van der Waals surface area (Å²) in [6.07, 6.45) is -1.14. The molecule has 132 valence electrons. The van der Waals surface area contributed by atoms with Gasteiger partial charge >= 0.3 is 0 Å². The minimum Gasteiger partial charge on any atom is -0.485 e. The van der Waals surface area contributed by atoms with Crippen LogP contribution in [0, 0.1) is 11.6 Å². The van der Waals surface area contributed by atoms with Gasteiger partial charge in [0.1, 0.15) is 18.2 Å². The lowest BCUT2D eigenvalue weighted by Crippen LogP contribution is -2.50. The summed E-state index contributed by atoms with van der Waals surface area (Å²) in [7, 11) is -4.64. The van der Waals surface area contributed by atoms with E-state index < -0.39 is 38.6 Å². The van der Waals surface area contributed by atoms with Gasteiger partial charge in [-0.25, -0.2) is 17.2 Å². The van der Waals surface area contributed by atoms with E-state index in [1.54, 1.807) is 29.1 Å². The lowest BCUT2D eigenvalue weighted by molar-refractivity contribution is -0.130. The fourth-order valence-electron chi connectivity index (χ4n) is 2.14. The number of fused-ring (bicyclic) bond motifs is 1. The first-order valence-corrected chi connectivity index (χ1v) is 8.51. The zero-order valence-corrected chi connectivity index (χ0v) is 13.3. The Morgan fingerprint density at radius 2 is 1.68 bits per heavy atom. The first-order valence-electron chi connectivity index (χ1n) is 7.02. The van der Waals surface area contributed by atoms with Crippen LogP contribution in [0.4, 0.5) is 8.78 Å². The molecule has 0 saturated heterocycles. The Bertz CT molecular complexity index is 900. The molecule has 0 radical (unpaired) electrons. The minimum absolute atomic E-state index is 0.154. The molecule has 0 unspecified atom stereocenters. The number of carbonyl (C=O) groups excluding carboxylic acids is 1. The van der Waals surface area contributed by atoms with Gasteiger partial charge in [0.15, 0.2) is 16.4 Å². The second-order valence-electron chi connectivity index (χ2n) is 5.01. The molecule has 2 N–H and O–H groups in total. The van der Waals surface area contributed by atoms with Crippen LogP contribution < -0.4 is 19.7 Å². The molecule has 0 spiro atoms. The topological polar surface area (TPSA) is 93.7 Å². The highest BCUT2D eigenvalue weighted by molar-refractivity contribution is 7.89. The standard InChI is InChI=1S/C15H12F2N2O5S/c16-9-4-3-5-10(17)14(9)25(21,22)19-18-15(20)13-8-23-11-6-1-2-7-12(11)24-13/h1-7,13,19H,8H2,(H,18,20)/t13-/m0/s1. The maximum absolute atomic E-state index is 13.6. The summed E-state index contributed by atoms with van der Waals surface area (Å²) in [4.78, 5) is 12.5. The number of hydrogen-bond donors (Lipinski definition) is 2. The molecule has 0 saturated carbocycles. The van der Waals surface area contributed by atoms with Crippen LogP contribution in [0.25, 0.3) is 0 Å². The van der Waals surface area contributed by atoms with Gasteiger partial charge in [0.25, 0.3) is 15.9 Å². The van der Waals surface area contributed by atoms with E-state index in [0.29, 0.717) is 11.5 Å². The van der Waals surface area contributed by atoms with Crippen molar-refractivity contribution >= 4 is 15.9 Å². The quantitative estimate of drug-likeness (QED) is 0.787. The highest BCUT2D eigenvalue weighted by Crippen LogP contribution is 2.30. The molecule has 0 fully saturated rings. The van der Waals surface area contributed by atoms with Crippen molar-refractivity contribution in [2.24, 2.45) is 0 Å². The molecule has 1 aliphatic rings. The molecule has 1 aliphatic heterocycles. The van der Waals surface area contributed by atoms with Crippen molar-refractivity contribution in [3.8, 4) is 11.5 Å². The Hall–Kier alpha value is -2.72. The number of sulfonamides is 1. The number of benzene rings is 2. The molecule has 7 nitrogen and oxygen atoms in total. The fraction of sp³-hybridized carbons (Fsp3) is 0.133. The van der Waals surface area contributed by atoms with Crippen molar-refractivity contribution in [1.82, 2.24) is 10.3 Å². The third-order valence-electron chi connectivity index (χ3n) is 3.30. The van der Waals surface area contributed by atoms with Crippen LogP contribution in [0.15, 0.2) is 47.4 Å². The Labute approximate surface area is 141 Å². The number of amides is 1. The first kappa shape index (κ1) is 17.1. The molecule has 0 bridgehead atoms. The molecule has 1 amide bonds. The van der Waals surface area contributed by atoms with E-state index >= 15 is 0 Å². The van der Waals surface area contributed by atoms with Gasteiger partial charge < -0.3 is 9.47 Å². The molecule has 0 aromatic heterocycles. The predicted octanol–water partition coefficient (Wildman–Crippen LogP) is 1.11. The van der Waals surface area contributed by atoms with E-state index in [4.69, 9.17) is 9.47 Å². The summed E-state index contributed by atoms with van der Waals surface area (Å²) in [6.45, 7) is -0.154. The van der Waals surface area contributed by atoms with Crippen molar-refractivity contribution in [2.75, 3.05) is 6.61 Å². The number of para-hydroxylation sites is 2. The summed E-state index contributed by atoms with van der Waals surface area (Å²) in [5.41, 5.74) is 1.86. The second kappa shape index (κ2) is 6.65. The highest BCUT2D eigenvalue weighted by atomic mass is 32.2. The SMILES string of the molecule is O=C(NNS(=O)(=O)c1c(F)cccc1F)[C@@H]1COc2ccccc2O1. The summed E-state index contributed by atoms with van der Waals surface area (Å²) >= 11 is 0. The van der Waals surface area contributed by atoms with Gasteiger partial charge in [-0.2, -0.15) is 0 Å². The Morgan fingerprint density at radius 1 is 1.04 bits per heavy atom. The number of nitrogens with one attached hydrogen (secondary N) is 2. The number of ether oxygens (including phenoxy) is 2. The fourth-order valence-corrected chi connectivity index (χ4v) is 3.12. The van der Waals surface area contributed by atoms with Crippen LogP contribution in [-0.2, 0) is 14.8 Å². The van der Waals surface area contributed by atoms with Gasteiger partial charge in [-0.05, 0) is 24.3 Å². The van der Waals surface area contributed by atoms with Gasteiger partial charge in [0, 0.05) is 0 Å². The van der Waals surface area contributed by atoms with Crippen LogP contribution in [0.1, 0.15) is 0 Å². The van der Waals surface area contributed by atoms with Crippen LogP contribution >= 0.6 is 0 Å². The van der Waals surface area contributed by atoms with Crippen molar-refractivity contribution in [1.29, 1.82) is 0 Å². The Balaban J connectivity index is 1.69. The van der Waals surface area contributed by atoms with Crippen molar-refractivity contribution in [2.45, 2.75) is 11.0 Å². The average Bonchev–Trinajstić information content (AvgIpc) is 2.59. The van der Waals surface area contributed by atoms with E-state index in [0.717, 1.165) is 18.2 Å². The molecule has 2 aromatic rings. The normalized spacial score (nSPS) is 16.3. The Kier molecular flexibility index (Phi) is 4.55. The third kappa shape index (κ3) is 3.54. The van der Waals surface area contributed by atoms with E-state index in [2.05, 4.69) is 0 Å². The van der Waals surface area contributed by atoms with Crippen molar-refractivity contribution < 1.29 is 31.5 Å². The number of halogens is 2. The van der Waals surface area contributed by atoms with Crippen LogP contribution in [0.5, 0.6) is 11.5 Å². The third-order valence-corrected chi connectivity index (χ3v) is 4.60. The summed E-state index contributed by atoms with van der Waals surface area (Å²) in [5.74, 6) is -2.69. The lowest BCUT2D eigenvalue weighted by atomic mass is 10.2. The molecular formula is C15H12F2N2O5S. The maximum atomic E-state index is 13.6. The van der Waals surface area contributed by atoms with Gasteiger partial charge in [-0.3, -0.25) is 10.2 Å². The smallest absolute Gasteiger partial charge is 0.279 e. The van der Waals surface area contributed by atoms with Gasteiger partial charge in [0.2, 0.25) is 6.10 Å². The van der Waals surface area contributed by atoms with Gasteiger partial charge in [-0.15, -0.1) is 4.83 Å². The van der Waals surface area contributed by atoms with Crippen molar-refractivity contribution in [3.05, 3.63) is 54.1 Å². The maximum Gasteiger partial charge on any atom is 0.279 e. The zero-order chi connectivity index (χ0) is 18.0. The Morgan fingerprint density at radius 3 is 2.36 bits per heavy atom. The second-order valence-corrected chi connectivity index (χ2v) is 6.63.